The minimum Gasteiger partial charge on any atom is -0.486 e. The van der Waals surface area contributed by atoms with Crippen LogP contribution in [-0.4, -0.2) is 24.3 Å². The summed E-state index contributed by atoms with van der Waals surface area (Å²) in [6.07, 6.45) is 1.41. The van der Waals surface area contributed by atoms with Crippen molar-refractivity contribution >= 4 is 5.97 Å². The summed E-state index contributed by atoms with van der Waals surface area (Å²) in [5.74, 6) is -3.27. The molecule has 1 aliphatic heterocycles. The average molecular weight is 284 g/mol. The molecule has 1 heterocycles. The molecular weight excluding hydrogens is 270 g/mol. The van der Waals surface area contributed by atoms with E-state index in [1.807, 2.05) is 0 Å². The molecule has 1 atom stereocenters. The van der Waals surface area contributed by atoms with E-state index in [0.717, 1.165) is 18.9 Å². The lowest BCUT2D eigenvalue weighted by atomic mass is 9.89. The van der Waals surface area contributed by atoms with Crippen LogP contribution in [0.2, 0.25) is 0 Å². The first kappa shape index (κ1) is 13.1. The Balaban J connectivity index is 2.09. The van der Waals surface area contributed by atoms with Gasteiger partial charge in [0.25, 0.3) is 0 Å². The lowest BCUT2D eigenvalue weighted by Gasteiger charge is -2.25. The van der Waals surface area contributed by atoms with E-state index in [1.54, 1.807) is 0 Å². The van der Waals surface area contributed by atoms with E-state index >= 15 is 0 Å². The van der Waals surface area contributed by atoms with Gasteiger partial charge >= 0.3 is 5.97 Å². The zero-order valence-electron chi connectivity index (χ0n) is 10.7. The van der Waals surface area contributed by atoms with Crippen molar-refractivity contribution in [3.63, 3.8) is 0 Å². The summed E-state index contributed by atoms with van der Waals surface area (Å²) in [5, 5.41) is 9.00. The molecule has 0 aromatic heterocycles. The predicted molar refractivity (Wildman–Crippen MR) is 65.1 cm³/mol. The van der Waals surface area contributed by atoms with E-state index in [1.165, 1.54) is 0 Å². The van der Waals surface area contributed by atoms with Crippen LogP contribution in [0.5, 0.6) is 11.5 Å². The van der Waals surface area contributed by atoms with Gasteiger partial charge < -0.3 is 14.6 Å². The quantitative estimate of drug-likeness (QED) is 0.923. The largest absolute Gasteiger partial charge is 0.486 e. The van der Waals surface area contributed by atoms with Gasteiger partial charge in [-0.2, -0.15) is 0 Å². The number of carboxylic acid groups (broad SMARTS) is 1. The van der Waals surface area contributed by atoms with E-state index in [0.29, 0.717) is 0 Å². The molecule has 20 heavy (non-hydrogen) atoms. The molecule has 0 bridgehead atoms. The summed E-state index contributed by atoms with van der Waals surface area (Å²) in [6, 6.07) is 0.956. The highest BCUT2D eigenvalue weighted by Gasteiger charge is 2.39. The number of hydrogen-bond donors (Lipinski definition) is 1. The molecule has 1 aliphatic carbocycles. The molecule has 1 aromatic rings. The van der Waals surface area contributed by atoms with Gasteiger partial charge in [0, 0.05) is 17.5 Å². The van der Waals surface area contributed by atoms with Gasteiger partial charge in [-0.25, -0.2) is 8.78 Å². The van der Waals surface area contributed by atoms with Crippen LogP contribution in [0.4, 0.5) is 8.78 Å². The molecular formula is C14H14F2O4. The number of ether oxygens (including phenoxy) is 2. The summed E-state index contributed by atoms with van der Waals surface area (Å²) in [7, 11) is 0. The Bertz CT molecular complexity index is 555. The third-order valence-electron chi connectivity index (χ3n) is 3.72. The van der Waals surface area contributed by atoms with Gasteiger partial charge in [0.05, 0.1) is 6.42 Å². The Morgan fingerprint density at radius 2 is 2.05 bits per heavy atom. The van der Waals surface area contributed by atoms with Gasteiger partial charge in [-0.05, 0) is 18.8 Å². The zero-order chi connectivity index (χ0) is 14.3. The van der Waals surface area contributed by atoms with Gasteiger partial charge in [-0.1, -0.05) is 0 Å². The number of benzene rings is 1. The molecule has 1 fully saturated rings. The Labute approximate surface area is 114 Å². The van der Waals surface area contributed by atoms with Crippen LogP contribution in [0.15, 0.2) is 6.07 Å². The second-order valence-corrected chi connectivity index (χ2v) is 5.15. The van der Waals surface area contributed by atoms with Crippen molar-refractivity contribution in [3.8, 4) is 11.5 Å². The van der Waals surface area contributed by atoms with Crippen molar-refractivity contribution in [1.29, 1.82) is 0 Å². The molecule has 0 spiro atoms. The predicted octanol–water partition coefficient (Wildman–Crippen LogP) is 2.70. The highest BCUT2D eigenvalue weighted by atomic mass is 19.2. The molecule has 6 heteroatoms. The third kappa shape index (κ3) is 2.30. The molecule has 4 nitrogen and oxygen atoms in total. The fourth-order valence-electron chi connectivity index (χ4n) is 2.68. The standard InChI is InChI=1S/C14H14F2O4/c15-9-6-10-14(20-4-3-19-10)12(13(9)16)8(5-11(17)18)7-1-2-7/h6-8H,1-5H2,(H,17,18). The minimum absolute atomic E-state index is 0.0181. The third-order valence-corrected chi connectivity index (χ3v) is 3.72. The average Bonchev–Trinajstić information content (AvgIpc) is 3.22. The molecule has 1 unspecified atom stereocenters. The maximum Gasteiger partial charge on any atom is 0.303 e. The van der Waals surface area contributed by atoms with Crippen LogP contribution in [-0.2, 0) is 4.79 Å². The second-order valence-electron chi connectivity index (χ2n) is 5.15. The molecule has 2 aliphatic rings. The Kier molecular flexibility index (Phi) is 3.23. The van der Waals surface area contributed by atoms with Gasteiger partial charge in [-0.15, -0.1) is 0 Å². The van der Waals surface area contributed by atoms with E-state index in [2.05, 4.69) is 0 Å². The number of hydrogen-bond acceptors (Lipinski definition) is 3. The number of rotatable bonds is 4. The number of halogens is 2. The molecule has 1 aromatic carbocycles. The minimum atomic E-state index is -1.03. The summed E-state index contributed by atoms with van der Waals surface area (Å²) in [4.78, 5) is 11.0. The molecule has 1 N–H and O–H groups in total. The van der Waals surface area contributed by atoms with Crippen LogP contribution >= 0.6 is 0 Å². The Hall–Kier alpha value is -1.85. The molecule has 0 saturated heterocycles. The van der Waals surface area contributed by atoms with E-state index < -0.39 is 23.5 Å². The van der Waals surface area contributed by atoms with Crippen molar-refractivity contribution in [3.05, 3.63) is 23.3 Å². The number of aliphatic carboxylic acids is 1. The second kappa shape index (κ2) is 4.92. The number of fused-ring (bicyclic) bond motifs is 1. The Morgan fingerprint density at radius 3 is 2.70 bits per heavy atom. The Morgan fingerprint density at radius 1 is 1.35 bits per heavy atom. The van der Waals surface area contributed by atoms with E-state index in [-0.39, 0.29) is 42.6 Å². The summed E-state index contributed by atoms with van der Waals surface area (Å²) in [6.45, 7) is 0.514. The van der Waals surface area contributed by atoms with Crippen molar-refractivity contribution < 1.29 is 28.2 Å². The van der Waals surface area contributed by atoms with Crippen LogP contribution in [0, 0.1) is 17.6 Å². The topological polar surface area (TPSA) is 55.8 Å². The first-order valence-corrected chi connectivity index (χ1v) is 6.57. The SMILES string of the molecule is O=C(O)CC(c1c(F)c(F)cc2c1OCCO2)C1CC1. The van der Waals surface area contributed by atoms with Crippen molar-refractivity contribution in [1.82, 2.24) is 0 Å². The van der Waals surface area contributed by atoms with Crippen LogP contribution < -0.4 is 9.47 Å². The van der Waals surface area contributed by atoms with E-state index in [9.17, 15) is 13.6 Å². The van der Waals surface area contributed by atoms with Crippen molar-refractivity contribution in [2.24, 2.45) is 5.92 Å². The summed E-state index contributed by atoms with van der Waals surface area (Å²) in [5.41, 5.74) is 0.0181. The van der Waals surface area contributed by atoms with Crippen molar-refractivity contribution in [2.75, 3.05) is 13.2 Å². The fraction of sp³-hybridized carbons (Fsp3) is 0.500. The fourth-order valence-corrected chi connectivity index (χ4v) is 2.68. The lowest BCUT2D eigenvalue weighted by molar-refractivity contribution is -0.137. The van der Waals surface area contributed by atoms with Gasteiger partial charge in [0.15, 0.2) is 23.1 Å². The first-order valence-electron chi connectivity index (χ1n) is 6.57. The van der Waals surface area contributed by atoms with Gasteiger partial charge in [0.1, 0.15) is 13.2 Å². The zero-order valence-corrected chi connectivity index (χ0v) is 10.7. The van der Waals surface area contributed by atoms with Crippen LogP contribution in [0.1, 0.15) is 30.7 Å². The van der Waals surface area contributed by atoms with Gasteiger partial charge in [-0.3, -0.25) is 4.79 Å². The first-order chi connectivity index (χ1) is 9.58. The van der Waals surface area contributed by atoms with Crippen molar-refractivity contribution in [2.45, 2.75) is 25.2 Å². The monoisotopic (exact) mass is 284 g/mol. The lowest BCUT2D eigenvalue weighted by Crippen LogP contribution is -2.20. The molecule has 0 amide bonds. The summed E-state index contributed by atoms with van der Waals surface area (Å²) >= 11 is 0. The number of carboxylic acids is 1. The highest BCUT2D eigenvalue weighted by molar-refractivity contribution is 5.69. The van der Waals surface area contributed by atoms with Crippen LogP contribution in [0.3, 0.4) is 0 Å². The molecule has 0 radical (unpaired) electrons. The molecule has 1 saturated carbocycles. The molecule has 3 rings (SSSR count). The number of carbonyl (C=O) groups is 1. The summed E-state index contributed by atoms with van der Waals surface area (Å²) < 4.78 is 38.5. The van der Waals surface area contributed by atoms with E-state index in [4.69, 9.17) is 14.6 Å². The molecule has 108 valence electrons. The maximum absolute atomic E-state index is 14.2. The highest BCUT2D eigenvalue weighted by Crippen LogP contribution is 2.50. The van der Waals surface area contributed by atoms with Crippen LogP contribution in [0.25, 0.3) is 0 Å². The van der Waals surface area contributed by atoms with Gasteiger partial charge in [0.2, 0.25) is 0 Å². The normalized spacial score (nSPS) is 18.7. The maximum atomic E-state index is 14.2. The smallest absolute Gasteiger partial charge is 0.303 e.